The third-order valence-electron chi connectivity index (χ3n) is 3.41. The molecule has 0 bridgehead atoms. The second kappa shape index (κ2) is 3.59. The molecule has 1 aliphatic carbocycles. The number of carbonyl (C=O) groups excluding carboxylic acids is 2. The third-order valence-corrected chi connectivity index (χ3v) is 3.41. The number of β-amino-alcohol motifs (C(OH)–C–C–N with tert-alkyl or cyclic N) is 1. The molecule has 1 saturated heterocycles. The Kier molecular flexibility index (Phi) is 2.54. The van der Waals surface area contributed by atoms with E-state index in [4.69, 9.17) is 0 Å². The molecule has 1 aliphatic heterocycles. The highest BCUT2D eigenvalue weighted by atomic mass is 16.3. The van der Waals surface area contributed by atoms with Crippen molar-refractivity contribution >= 4 is 11.8 Å². The van der Waals surface area contributed by atoms with Crippen molar-refractivity contribution in [2.45, 2.75) is 32.8 Å². The van der Waals surface area contributed by atoms with Gasteiger partial charge < -0.3 is 5.11 Å². The number of nitrogens with zero attached hydrogens (tertiary/aromatic N) is 1. The number of amides is 2. The van der Waals surface area contributed by atoms with E-state index in [2.05, 4.69) is 6.92 Å². The van der Waals surface area contributed by atoms with Crippen molar-refractivity contribution in [3.8, 4) is 0 Å². The second-order valence-electron chi connectivity index (χ2n) is 4.93. The van der Waals surface area contributed by atoms with Crippen LogP contribution in [0.2, 0.25) is 0 Å². The molecule has 1 saturated carbocycles. The molecule has 0 aromatic heterocycles. The molecule has 0 aromatic rings. The smallest absolute Gasteiger partial charge is 0.233 e. The summed E-state index contributed by atoms with van der Waals surface area (Å²) in [6, 6.07) is 0. The lowest BCUT2D eigenvalue weighted by atomic mass is 10.00. The molecule has 2 rings (SSSR count). The van der Waals surface area contributed by atoms with E-state index in [-0.39, 0.29) is 30.2 Å². The predicted octanol–water partition coefficient (Wildman–Crippen LogP) is 0.398. The lowest BCUT2D eigenvalue weighted by molar-refractivity contribution is -0.142. The molecular weight excluding hydrogens is 194 g/mol. The van der Waals surface area contributed by atoms with E-state index in [0.29, 0.717) is 5.92 Å². The van der Waals surface area contributed by atoms with Crippen LogP contribution in [0.4, 0.5) is 0 Å². The summed E-state index contributed by atoms with van der Waals surface area (Å²) >= 11 is 0. The molecule has 2 aliphatic rings. The summed E-state index contributed by atoms with van der Waals surface area (Å²) in [5.74, 6) is 0.115. The lowest BCUT2D eigenvalue weighted by Crippen LogP contribution is -2.37. The molecule has 2 fully saturated rings. The molecule has 2 unspecified atom stereocenters. The van der Waals surface area contributed by atoms with Crippen molar-refractivity contribution in [1.29, 1.82) is 0 Å². The molecule has 1 N–H and O–H groups in total. The number of rotatable bonds is 2. The molecule has 0 aromatic carbocycles. The SMILES string of the molecule is CC1CC2C(=O)N(C[C@@H](C)O)C(=O)C2C1. The number of hydrogen-bond donors (Lipinski definition) is 1. The van der Waals surface area contributed by atoms with Gasteiger partial charge in [0.15, 0.2) is 0 Å². The van der Waals surface area contributed by atoms with Crippen LogP contribution in [0.5, 0.6) is 0 Å². The first-order chi connectivity index (χ1) is 7.00. The molecule has 0 radical (unpaired) electrons. The highest BCUT2D eigenvalue weighted by Gasteiger charge is 2.51. The van der Waals surface area contributed by atoms with Gasteiger partial charge in [-0.3, -0.25) is 14.5 Å². The first kappa shape index (κ1) is 10.6. The summed E-state index contributed by atoms with van der Waals surface area (Å²) in [6.45, 7) is 3.83. The molecule has 2 amide bonds. The van der Waals surface area contributed by atoms with E-state index in [1.54, 1.807) is 6.92 Å². The van der Waals surface area contributed by atoms with Gasteiger partial charge in [0.1, 0.15) is 0 Å². The standard InChI is InChI=1S/C11H17NO3/c1-6-3-8-9(4-6)11(15)12(10(8)14)5-7(2)13/h6-9,13H,3-5H2,1-2H3/t6?,7-,8?,9?/m1/s1. The summed E-state index contributed by atoms with van der Waals surface area (Å²) in [5.41, 5.74) is 0. The summed E-state index contributed by atoms with van der Waals surface area (Å²) in [5, 5.41) is 9.22. The Morgan fingerprint density at radius 2 is 1.80 bits per heavy atom. The Balaban J connectivity index is 2.13. The Morgan fingerprint density at radius 1 is 1.33 bits per heavy atom. The second-order valence-corrected chi connectivity index (χ2v) is 4.93. The number of fused-ring (bicyclic) bond motifs is 1. The zero-order chi connectivity index (χ0) is 11.2. The van der Waals surface area contributed by atoms with Crippen molar-refractivity contribution in [1.82, 2.24) is 4.90 Å². The maximum atomic E-state index is 11.9. The van der Waals surface area contributed by atoms with Crippen molar-refractivity contribution in [2.24, 2.45) is 17.8 Å². The lowest BCUT2D eigenvalue weighted by Gasteiger charge is -2.18. The van der Waals surface area contributed by atoms with E-state index in [9.17, 15) is 14.7 Å². The van der Waals surface area contributed by atoms with Crippen LogP contribution in [0.1, 0.15) is 26.7 Å². The Labute approximate surface area is 89.3 Å². The van der Waals surface area contributed by atoms with Gasteiger partial charge in [0, 0.05) is 0 Å². The molecule has 1 heterocycles. The number of aliphatic hydroxyl groups is 1. The highest BCUT2D eigenvalue weighted by Crippen LogP contribution is 2.42. The average Bonchev–Trinajstić information content (AvgIpc) is 2.61. The number of aliphatic hydroxyl groups excluding tert-OH is 1. The van der Waals surface area contributed by atoms with Crippen LogP contribution >= 0.6 is 0 Å². The zero-order valence-electron chi connectivity index (χ0n) is 9.14. The van der Waals surface area contributed by atoms with Crippen LogP contribution < -0.4 is 0 Å². The van der Waals surface area contributed by atoms with Crippen molar-refractivity contribution in [2.75, 3.05) is 6.54 Å². The van der Waals surface area contributed by atoms with Gasteiger partial charge in [-0.15, -0.1) is 0 Å². The van der Waals surface area contributed by atoms with E-state index in [0.717, 1.165) is 12.8 Å². The topological polar surface area (TPSA) is 57.6 Å². The maximum Gasteiger partial charge on any atom is 0.233 e. The molecular formula is C11H17NO3. The minimum absolute atomic E-state index is 0.0738. The van der Waals surface area contributed by atoms with Crippen LogP contribution in [0.15, 0.2) is 0 Å². The first-order valence-corrected chi connectivity index (χ1v) is 5.54. The van der Waals surface area contributed by atoms with Crippen LogP contribution in [0.25, 0.3) is 0 Å². The van der Waals surface area contributed by atoms with Crippen molar-refractivity contribution in [3.63, 3.8) is 0 Å². The largest absolute Gasteiger partial charge is 0.392 e. The summed E-state index contributed by atoms with van der Waals surface area (Å²) < 4.78 is 0. The molecule has 0 spiro atoms. The van der Waals surface area contributed by atoms with Gasteiger partial charge in [-0.05, 0) is 25.7 Å². The van der Waals surface area contributed by atoms with Crippen LogP contribution in [0, 0.1) is 17.8 Å². The summed E-state index contributed by atoms with van der Waals surface area (Å²) in [4.78, 5) is 25.0. The van der Waals surface area contributed by atoms with Crippen molar-refractivity contribution < 1.29 is 14.7 Å². The molecule has 84 valence electrons. The quantitative estimate of drug-likeness (QED) is 0.672. The number of likely N-dealkylation sites (tertiary alicyclic amines) is 1. The Hall–Kier alpha value is -0.900. The van der Waals surface area contributed by atoms with Gasteiger partial charge in [-0.1, -0.05) is 6.92 Å². The van der Waals surface area contributed by atoms with Crippen LogP contribution in [-0.2, 0) is 9.59 Å². The normalized spacial score (nSPS) is 37.3. The van der Waals surface area contributed by atoms with Gasteiger partial charge in [-0.2, -0.15) is 0 Å². The third kappa shape index (κ3) is 1.67. The highest BCUT2D eigenvalue weighted by molar-refractivity contribution is 6.05. The molecule has 4 nitrogen and oxygen atoms in total. The monoisotopic (exact) mass is 211 g/mol. The van der Waals surface area contributed by atoms with E-state index in [1.165, 1.54) is 4.90 Å². The van der Waals surface area contributed by atoms with Gasteiger partial charge in [0.25, 0.3) is 0 Å². The Morgan fingerprint density at radius 3 is 2.20 bits per heavy atom. The van der Waals surface area contributed by atoms with Crippen LogP contribution in [0.3, 0.4) is 0 Å². The molecule has 3 atom stereocenters. The summed E-state index contributed by atoms with van der Waals surface area (Å²) in [7, 11) is 0. The fraction of sp³-hybridized carbons (Fsp3) is 0.818. The predicted molar refractivity (Wildman–Crippen MR) is 53.8 cm³/mol. The molecule has 15 heavy (non-hydrogen) atoms. The van der Waals surface area contributed by atoms with E-state index < -0.39 is 6.10 Å². The van der Waals surface area contributed by atoms with Crippen molar-refractivity contribution in [3.05, 3.63) is 0 Å². The zero-order valence-corrected chi connectivity index (χ0v) is 9.14. The van der Waals surface area contributed by atoms with Gasteiger partial charge in [-0.25, -0.2) is 0 Å². The first-order valence-electron chi connectivity index (χ1n) is 5.54. The molecule has 4 heteroatoms. The van der Waals surface area contributed by atoms with Gasteiger partial charge in [0.2, 0.25) is 11.8 Å². The number of hydrogen-bond acceptors (Lipinski definition) is 3. The van der Waals surface area contributed by atoms with E-state index >= 15 is 0 Å². The number of carbonyl (C=O) groups is 2. The minimum Gasteiger partial charge on any atom is -0.392 e. The van der Waals surface area contributed by atoms with Crippen LogP contribution in [-0.4, -0.2) is 34.5 Å². The summed E-state index contributed by atoms with van der Waals surface area (Å²) in [6.07, 6.45) is 1.02. The maximum absolute atomic E-state index is 11.9. The van der Waals surface area contributed by atoms with Gasteiger partial charge in [0.05, 0.1) is 24.5 Å². The van der Waals surface area contributed by atoms with E-state index in [1.807, 2.05) is 0 Å². The average molecular weight is 211 g/mol. The fourth-order valence-electron chi connectivity index (χ4n) is 2.79. The fourth-order valence-corrected chi connectivity index (χ4v) is 2.79. The number of imide groups is 1. The Bertz CT molecular complexity index is 276. The minimum atomic E-state index is -0.630. The van der Waals surface area contributed by atoms with Gasteiger partial charge >= 0.3 is 0 Å².